The van der Waals surface area contributed by atoms with Crippen LogP contribution in [0.4, 0.5) is 0 Å². The summed E-state index contributed by atoms with van der Waals surface area (Å²) in [4.78, 5) is 0. The van der Waals surface area contributed by atoms with E-state index in [0.29, 0.717) is 0 Å². The van der Waals surface area contributed by atoms with Gasteiger partial charge in [-0.15, -0.1) is 0 Å². The average molecular weight is 533 g/mol. The van der Waals surface area contributed by atoms with Gasteiger partial charge in [-0.3, -0.25) is 0 Å². The molecule has 0 heterocycles. The Morgan fingerprint density at radius 1 is 0.525 bits per heavy atom. The van der Waals surface area contributed by atoms with Crippen LogP contribution in [0.25, 0.3) is 0 Å². The van der Waals surface area contributed by atoms with Crippen LogP contribution in [0.2, 0.25) is 0 Å². The minimum absolute atomic E-state index is 0.0109. The maximum atomic E-state index is 2.50. The molecule has 3 aromatic carbocycles. The van der Waals surface area contributed by atoms with E-state index < -0.39 is 0 Å². The van der Waals surface area contributed by atoms with Crippen molar-refractivity contribution in [2.45, 2.75) is 116 Å². The second-order valence-electron chi connectivity index (χ2n) is 16.0. The van der Waals surface area contributed by atoms with Gasteiger partial charge in [-0.2, -0.15) is 0 Å². The van der Waals surface area contributed by atoms with Crippen molar-refractivity contribution in [2.24, 2.45) is 0 Å². The Morgan fingerprint density at radius 2 is 1.05 bits per heavy atom. The van der Waals surface area contributed by atoms with Gasteiger partial charge in [-0.1, -0.05) is 174 Å². The van der Waals surface area contributed by atoms with E-state index in [1.165, 1.54) is 38.9 Å². The van der Waals surface area contributed by atoms with E-state index in [2.05, 4.69) is 174 Å². The number of rotatable bonds is 3. The largest absolute Gasteiger partial charge is 0.0755 e. The van der Waals surface area contributed by atoms with Crippen molar-refractivity contribution in [3.05, 3.63) is 130 Å². The Kier molecular flexibility index (Phi) is 7.68. The molecule has 0 radical (unpaired) electrons. The molecule has 0 amide bonds. The van der Waals surface area contributed by atoms with E-state index in [-0.39, 0.29) is 33.0 Å². The highest BCUT2D eigenvalue weighted by Crippen LogP contribution is 2.53. The molecule has 0 heteroatoms. The van der Waals surface area contributed by atoms with Gasteiger partial charge in [0.1, 0.15) is 0 Å². The van der Waals surface area contributed by atoms with Gasteiger partial charge in [-0.25, -0.2) is 0 Å². The Labute approximate surface area is 245 Å². The lowest BCUT2D eigenvalue weighted by Crippen LogP contribution is -2.37. The summed E-state index contributed by atoms with van der Waals surface area (Å²) in [7, 11) is 0. The van der Waals surface area contributed by atoms with Gasteiger partial charge in [-0.05, 0) is 60.6 Å². The molecule has 1 aliphatic rings. The van der Waals surface area contributed by atoms with Crippen LogP contribution >= 0.6 is 0 Å². The van der Waals surface area contributed by atoms with E-state index >= 15 is 0 Å². The minimum Gasteiger partial charge on any atom is -0.0755 e. The van der Waals surface area contributed by atoms with Crippen molar-refractivity contribution in [3.8, 4) is 0 Å². The van der Waals surface area contributed by atoms with Crippen molar-refractivity contribution >= 4 is 0 Å². The zero-order valence-electron chi connectivity index (χ0n) is 27.2. The maximum Gasteiger partial charge on any atom is 0.0491 e. The van der Waals surface area contributed by atoms with Crippen LogP contribution in [0.5, 0.6) is 0 Å². The highest BCUT2D eigenvalue weighted by molar-refractivity contribution is 5.60. The molecule has 0 saturated heterocycles. The first-order chi connectivity index (χ1) is 18.4. The van der Waals surface area contributed by atoms with Crippen molar-refractivity contribution in [1.82, 2.24) is 0 Å². The molecule has 0 nitrogen and oxygen atoms in total. The summed E-state index contributed by atoms with van der Waals surface area (Å²) in [6.45, 7) is 28.1. The quantitative estimate of drug-likeness (QED) is 0.315. The standard InChI is InChI=1S/C40H52/c1-36(2,3)29-21-23-31(34(26-29)38(7,8)9)32-20-16-17-25-40(32,28-18-14-13-15-19-28)33-24-22-30(37(4,5)6)27-35(33)39(10,11)12/h13-27,32H,1-12H3. The van der Waals surface area contributed by atoms with Crippen LogP contribution < -0.4 is 0 Å². The minimum atomic E-state index is -0.335. The summed E-state index contributed by atoms with van der Waals surface area (Å²) in [5.41, 5.74) is 9.67. The van der Waals surface area contributed by atoms with Gasteiger partial charge < -0.3 is 0 Å². The van der Waals surface area contributed by atoms with E-state index in [0.717, 1.165) is 0 Å². The van der Waals surface area contributed by atoms with Gasteiger partial charge in [0.15, 0.2) is 0 Å². The topological polar surface area (TPSA) is 0 Å². The molecule has 2 unspecified atom stereocenters. The van der Waals surface area contributed by atoms with Crippen LogP contribution in [-0.4, -0.2) is 0 Å². The molecule has 1 aliphatic carbocycles. The van der Waals surface area contributed by atoms with Crippen molar-refractivity contribution in [3.63, 3.8) is 0 Å². The van der Waals surface area contributed by atoms with Gasteiger partial charge in [0, 0.05) is 11.3 Å². The van der Waals surface area contributed by atoms with Gasteiger partial charge in [0.25, 0.3) is 0 Å². The van der Waals surface area contributed by atoms with E-state index in [1.54, 1.807) is 0 Å². The number of benzene rings is 3. The molecule has 212 valence electrons. The SMILES string of the molecule is CC(C)(C)c1ccc(C2C=CC=CC2(c2ccccc2)c2ccc(C(C)(C)C)cc2C(C)(C)C)c(C(C)(C)C)c1. The second kappa shape index (κ2) is 10.2. The molecule has 40 heavy (non-hydrogen) atoms. The number of allylic oxidation sites excluding steroid dienone is 4. The number of hydrogen-bond donors (Lipinski definition) is 0. The van der Waals surface area contributed by atoms with E-state index in [4.69, 9.17) is 0 Å². The van der Waals surface area contributed by atoms with E-state index in [1.807, 2.05) is 0 Å². The zero-order chi connectivity index (χ0) is 29.7. The van der Waals surface area contributed by atoms with Gasteiger partial charge >= 0.3 is 0 Å². The summed E-state index contributed by atoms with van der Waals surface area (Å²) >= 11 is 0. The third-order valence-corrected chi connectivity index (χ3v) is 8.72. The lowest BCUT2D eigenvalue weighted by molar-refractivity contribution is 0.502. The van der Waals surface area contributed by atoms with Crippen LogP contribution in [0.3, 0.4) is 0 Å². The zero-order valence-corrected chi connectivity index (χ0v) is 27.2. The van der Waals surface area contributed by atoms with Crippen LogP contribution in [-0.2, 0) is 27.1 Å². The summed E-state index contributed by atoms with van der Waals surface area (Å²) in [6.07, 6.45) is 9.47. The first kappa shape index (κ1) is 30.1. The predicted molar refractivity (Wildman–Crippen MR) is 176 cm³/mol. The highest BCUT2D eigenvalue weighted by atomic mass is 14.5. The normalized spacial score (nSPS) is 20.1. The Hall–Kier alpha value is -2.86. The summed E-state index contributed by atoms with van der Waals surface area (Å²) in [5, 5.41) is 0. The first-order valence-corrected chi connectivity index (χ1v) is 15.1. The second-order valence-corrected chi connectivity index (χ2v) is 16.0. The van der Waals surface area contributed by atoms with Gasteiger partial charge in [0.05, 0.1) is 0 Å². The highest BCUT2D eigenvalue weighted by Gasteiger charge is 2.45. The third-order valence-electron chi connectivity index (χ3n) is 8.72. The Balaban J connectivity index is 2.13. The number of hydrogen-bond acceptors (Lipinski definition) is 0. The fourth-order valence-electron chi connectivity index (χ4n) is 6.33. The maximum absolute atomic E-state index is 2.50. The van der Waals surface area contributed by atoms with Crippen molar-refractivity contribution < 1.29 is 0 Å². The van der Waals surface area contributed by atoms with Crippen molar-refractivity contribution in [1.29, 1.82) is 0 Å². The first-order valence-electron chi connectivity index (χ1n) is 15.1. The molecule has 0 aromatic heterocycles. The average Bonchev–Trinajstić information content (AvgIpc) is 2.86. The molecule has 0 saturated carbocycles. The lowest BCUT2D eigenvalue weighted by Gasteiger charge is -2.45. The Bertz CT molecular complexity index is 1400. The smallest absolute Gasteiger partial charge is 0.0491 e. The van der Waals surface area contributed by atoms with E-state index in [9.17, 15) is 0 Å². The Morgan fingerprint density at radius 3 is 1.57 bits per heavy atom. The van der Waals surface area contributed by atoms with Crippen LogP contribution in [0, 0.1) is 0 Å². The molecule has 4 rings (SSSR count). The monoisotopic (exact) mass is 532 g/mol. The predicted octanol–water partition coefficient (Wildman–Crippen LogP) is 11.1. The van der Waals surface area contributed by atoms with Crippen LogP contribution in [0.15, 0.2) is 91.0 Å². The molecule has 0 aliphatic heterocycles. The summed E-state index contributed by atoms with van der Waals surface area (Å²) in [6, 6.07) is 25.8. The summed E-state index contributed by atoms with van der Waals surface area (Å²) < 4.78 is 0. The molecule has 3 aromatic rings. The third kappa shape index (κ3) is 5.65. The molecule has 0 fully saturated rings. The fraction of sp³-hybridized carbons (Fsp3) is 0.450. The lowest BCUT2D eigenvalue weighted by atomic mass is 9.58. The van der Waals surface area contributed by atoms with Gasteiger partial charge in [0.2, 0.25) is 0 Å². The fourth-order valence-corrected chi connectivity index (χ4v) is 6.33. The molecule has 0 bridgehead atoms. The molecular weight excluding hydrogens is 480 g/mol. The molecule has 0 spiro atoms. The molecule has 0 N–H and O–H groups in total. The molecular formula is C40H52. The summed E-state index contributed by atoms with van der Waals surface area (Å²) in [5.74, 6) is 0.157. The molecule has 2 atom stereocenters. The van der Waals surface area contributed by atoms with Crippen molar-refractivity contribution in [2.75, 3.05) is 0 Å². The van der Waals surface area contributed by atoms with Crippen LogP contribution in [0.1, 0.15) is 128 Å².